The zero-order chi connectivity index (χ0) is 18.4. The summed E-state index contributed by atoms with van der Waals surface area (Å²) in [6.45, 7) is 19.6. The van der Waals surface area contributed by atoms with Gasteiger partial charge in [-0.25, -0.2) is 0 Å². The maximum atomic E-state index is 10.5. The Morgan fingerprint density at radius 2 is 1.29 bits per heavy atom. The van der Waals surface area contributed by atoms with Crippen molar-refractivity contribution in [3.63, 3.8) is 0 Å². The molecule has 0 amide bonds. The fourth-order valence-corrected chi connectivity index (χ4v) is 3.50. The predicted molar refractivity (Wildman–Crippen MR) is 104 cm³/mol. The van der Waals surface area contributed by atoms with Crippen LogP contribution in [-0.2, 0) is 10.8 Å². The monoisotopic (exact) mass is 324 g/mol. The van der Waals surface area contributed by atoms with Crippen molar-refractivity contribution in [1.82, 2.24) is 0 Å². The van der Waals surface area contributed by atoms with Gasteiger partial charge in [0.25, 0.3) is 0 Å². The van der Waals surface area contributed by atoms with Crippen LogP contribution in [0.4, 0.5) is 0 Å². The van der Waals surface area contributed by atoms with Crippen LogP contribution in [0.15, 0.2) is 24.3 Å². The Balaban J connectivity index is 2.71. The first-order valence-electron chi connectivity index (χ1n) is 8.79. The summed E-state index contributed by atoms with van der Waals surface area (Å²) < 4.78 is 0. The van der Waals surface area contributed by atoms with Crippen LogP contribution in [-0.4, -0.2) is 5.11 Å². The molecule has 0 spiro atoms. The minimum Gasteiger partial charge on any atom is -0.507 e. The molecule has 0 aliphatic heterocycles. The van der Waals surface area contributed by atoms with Gasteiger partial charge in [0.2, 0.25) is 0 Å². The lowest BCUT2D eigenvalue weighted by atomic mass is 9.72. The Morgan fingerprint density at radius 1 is 0.708 bits per heavy atom. The summed E-state index contributed by atoms with van der Waals surface area (Å²) in [5.74, 6) is 0.429. The Kier molecular flexibility index (Phi) is 4.61. The number of rotatable bonds is 2. The minimum absolute atomic E-state index is 0.0842. The average molecular weight is 325 g/mol. The second kappa shape index (κ2) is 5.95. The Bertz CT molecular complexity index is 774. The van der Waals surface area contributed by atoms with Crippen molar-refractivity contribution in [2.24, 2.45) is 0 Å². The van der Waals surface area contributed by atoms with Crippen LogP contribution in [0.1, 0.15) is 73.6 Å². The summed E-state index contributed by atoms with van der Waals surface area (Å²) in [6, 6.07) is 8.81. The highest BCUT2D eigenvalue weighted by Crippen LogP contribution is 2.41. The molecular formula is C23H32O. The fourth-order valence-electron chi connectivity index (χ4n) is 3.50. The molecule has 0 aromatic heterocycles. The number of phenols is 1. The van der Waals surface area contributed by atoms with Gasteiger partial charge in [-0.05, 0) is 72.1 Å². The molecule has 0 aliphatic carbocycles. The van der Waals surface area contributed by atoms with Gasteiger partial charge in [0.1, 0.15) is 5.75 Å². The number of aromatic hydroxyl groups is 1. The molecule has 1 nitrogen and oxygen atoms in total. The number of aryl methyl sites for hydroxylation is 2. The highest BCUT2D eigenvalue weighted by molar-refractivity contribution is 5.53. The zero-order valence-electron chi connectivity index (χ0n) is 16.8. The van der Waals surface area contributed by atoms with Crippen molar-refractivity contribution in [3.8, 4) is 5.75 Å². The lowest BCUT2D eigenvalue weighted by Crippen LogP contribution is -2.23. The molecule has 1 heteroatoms. The van der Waals surface area contributed by atoms with E-state index in [0.717, 1.165) is 11.1 Å². The molecular weight excluding hydrogens is 292 g/mol. The maximum absolute atomic E-state index is 10.5. The van der Waals surface area contributed by atoms with Crippen LogP contribution in [0, 0.1) is 27.7 Å². The molecule has 0 heterocycles. The van der Waals surface area contributed by atoms with Gasteiger partial charge in [-0.3, -0.25) is 0 Å². The van der Waals surface area contributed by atoms with E-state index >= 15 is 0 Å². The predicted octanol–water partition coefficient (Wildman–Crippen LogP) is 6.25. The molecule has 0 radical (unpaired) electrons. The van der Waals surface area contributed by atoms with E-state index in [1.54, 1.807) is 0 Å². The normalized spacial score (nSPS) is 12.5. The van der Waals surface area contributed by atoms with Crippen molar-refractivity contribution in [3.05, 3.63) is 63.2 Å². The summed E-state index contributed by atoms with van der Waals surface area (Å²) in [5.41, 5.74) is 8.46. The number of hydrogen-bond acceptors (Lipinski definition) is 1. The Morgan fingerprint density at radius 3 is 1.83 bits per heavy atom. The summed E-state index contributed by atoms with van der Waals surface area (Å²) in [7, 11) is 0. The van der Waals surface area contributed by atoms with Gasteiger partial charge in [-0.2, -0.15) is 0 Å². The first-order valence-corrected chi connectivity index (χ1v) is 8.79. The summed E-state index contributed by atoms with van der Waals surface area (Å²) in [4.78, 5) is 0. The molecule has 1 N–H and O–H groups in total. The van der Waals surface area contributed by atoms with Gasteiger partial charge in [-0.1, -0.05) is 58.9 Å². The first kappa shape index (κ1) is 18.6. The van der Waals surface area contributed by atoms with Crippen molar-refractivity contribution < 1.29 is 5.11 Å². The fraction of sp³-hybridized carbons (Fsp3) is 0.478. The Hall–Kier alpha value is -1.76. The highest BCUT2D eigenvalue weighted by Gasteiger charge is 2.29. The van der Waals surface area contributed by atoms with Gasteiger partial charge >= 0.3 is 0 Å². The quantitative estimate of drug-likeness (QED) is 0.692. The minimum atomic E-state index is -0.110. The van der Waals surface area contributed by atoms with Crippen LogP contribution >= 0.6 is 0 Å². The third-order valence-corrected chi connectivity index (χ3v) is 5.56. The van der Waals surface area contributed by atoms with Gasteiger partial charge in [0.05, 0.1) is 0 Å². The van der Waals surface area contributed by atoms with Gasteiger partial charge < -0.3 is 5.11 Å². The lowest BCUT2D eigenvalue weighted by Gasteiger charge is -2.32. The van der Waals surface area contributed by atoms with E-state index in [0.29, 0.717) is 5.75 Å². The second-order valence-electron chi connectivity index (χ2n) is 8.74. The van der Waals surface area contributed by atoms with Crippen molar-refractivity contribution >= 4 is 0 Å². The summed E-state index contributed by atoms with van der Waals surface area (Å²) in [5, 5.41) is 10.5. The van der Waals surface area contributed by atoms with Gasteiger partial charge in [-0.15, -0.1) is 0 Å². The molecule has 2 aromatic carbocycles. The maximum Gasteiger partial charge on any atom is 0.122 e. The average Bonchev–Trinajstić information content (AvgIpc) is 2.45. The molecule has 0 saturated carbocycles. The van der Waals surface area contributed by atoms with Crippen LogP contribution in [0.3, 0.4) is 0 Å². The molecule has 0 atom stereocenters. The smallest absolute Gasteiger partial charge is 0.122 e. The third kappa shape index (κ3) is 3.09. The van der Waals surface area contributed by atoms with Crippen LogP contribution in [0.2, 0.25) is 0 Å². The SMILES string of the molecule is Cc1ccc(C(C)(C)c2cc(C)c(O)c(C(C)(C)C)c2)c(C)c1C. The van der Waals surface area contributed by atoms with Crippen LogP contribution in [0.25, 0.3) is 0 Å². The zero-order valence-corrected chi connectivity index (χ0v) is 16.8. The molecule has 130 valence electrons. The van der Waals surface area contributed by atoms with Crippen molar-refractivity contribution in [1.29, 1.82) is 0 Å². The highest BCUT2D eigenvalue weighted by atomic mass is 16.3. The van der Waals surface area contributed by atoms with Crippen LogP contribution < -0.4 is 0 Å². The van der Waals surface area contributed by atoms with E-state index in [4.69, 9.17) is 0 Å². The first-order chi connectivity index (χ1) is 10.9. The number of benzene rings is 2. The molecule has 2 aromatic rings. The van der Waals surface area contributed by atoms with E-state index in [9.17, 15) is 5.11 Å². The molecule has 2 rings (SSSR count). The standard InChI is InChI=1S/C23H32O/c1-14-10-11-19(17(4)16(14)3)23(8,9)18-12-15(2)21(24)20(13-18)22(5,6)7/h10-13,24H,1-9H3. The largest absolute Gasteiger partial charge is 0.507 e. The molecule has 0 unspecified atom stereocenters. The summed E-state index contributed by atoms with van der Waals surface area (Å²) in [6.07, 6.45) is 0. The van der Waals surface area contributed by atoms with E-state index in [1.807, 2.05) is 6.92 Å². The molecule has 0 bridgehead atoms. The Labute approximate surface area is 147 Å². The lowest BCUT2D eigenvalue weighted by molar-refractivity contribution is 0.441. The van der Waals surface area contributed by atoms with Crippen molar-refractivity contribution in [2.75, 3.05) is 0 Å². The molecule has 0 saturated heterocycles. The van der Waals surface area contributed by atoms with E-state index in [-0.39, 0.29) is 10.8 Å². The van der Waals surface area contributed by atoms with E-state index < -0.39 is 0 Å². The number of hydrogen-bond donors (Lipinski definition) is 1. The van der Waals surface area contributed by atoms with E-state index in [1.165, 1.54) is 27.8 Å². The topological polar surface area (TPSA) is 20.2 Å². The van der Waals surface area contributed by atoms with Gasteiger partial charge in [0, 0.05) is 5.41 Å². The third-order valence-electron chi connectivity index (χ3n) is 5.56. The second-order valence-corrected chi connectivity index (χ2v) is 8.74. The van der Waals surface area contributed by atoms with Gasteiger partial charge in [0.15, 0.2) is 0 Å². The number of phenolic OH excluding ortho intramolecular Hbond substituents is 1. The summed E-state index contributed by atoms with van der Waals surface area (Å²) >= 11 is 0. The molecule has 0 aliphatic rings. The van der Waals surface area contributed by atoms with E-state index in [2.05, 4.69) is 79.7 Å². The van der Waals surface area contributed by atoms with Crippen LogP contribution in [0.5, 0.6) is 5.75 Å². The molecule has 0 fully saturated rings. The molecule has 24 heavy (non-hydrogen) atoms. The van der Waals surface area contributed by atoms with Crippen molar-refractivity contribution in [2.45, 2.75) is 73.1 Å².